The number of hydrogen-bond acceptors (Lipinski definition) is 4. The molecule has 2 rings (SSSR count). The van der Waals surface area contributed by atoms with Gasteiger partial charge in [0.1, 0.15) is 12.4 Å². The Hall–Kier alpha value is -2.40. The van der Waals surface area contributed by atoms with E-state index >= 15 is 0 Å². The van der Waals surface area contributed by atoms with E-state index in [1.807, 2.05) is 0 Å². The molecular formula is C15H12ClNO4. The van der Waals surface area contributed by atoms with Crippen LogP contribution in [0.2, 0.25) is 5.02 Å². The minimum atomic E-state index is -0.503. The minimum Gasteiger partial charge on any atom is -0.489 e. The standard InChI is InChI=1S/C15H12ClNO4/c1-10(18)11-3-2-4-14(7-11)21-9-12-5-6-13(16)8-15(12)17(19)20/h2-8H,9H2,1H3. The Morgan fingerprint density at radius 3 is 2.71 bits per heavy atom. The average Bonchev–Trinajstić information content (AvgIpc) is 2.46. The summed E-state index contributed by atoms with van der Waals surface area (Å²) in [4.78, 5) is 21.8. The van der Waals surface area contributed by atoms with Crippen molar-refractivity contribution in [1.29, 1.82) is 0 Å². The molecule has 2 aromatic rings. The van der Waals surface area contributed by atoms with Gasteiger partial charge in [-0.1, -0.05) is 23.7 Å². The molecule has 5 nitrogen and oxygen atoms in total. The number of benzene rings is 2. The van der Waals surface area contributed by atoms with Gasteiger partial charge in [-0.3, -0.25) is 14.9 Å². The summed E-state index contributed by atoms with van der Waals surface area (Å²) in [6, 6.07) is 11.1. The lowest BCUT2D eigenvalue weighted by molar-refractivity contribution is -0.385. The summed E-state index contributed by atoms with van der Waals surface area (Å²) in [7, 11) is 0. The van der Waals surface area contributed by atoms with Crippen LogP contribution in [-0.4, -0.2) is 10.7 Å². The molecule has 108 valence electrons. The van der Waals surface area contributed by atoms with Crippen LogP contribution in [0.3, 0.4) is 0 Å². The molecule has 0 fully saturated rings. The SMILES string of the molecule is CC(=O)c1cccc(OCc2ccc(Cl)cc2[N+](=O)[O-])c1. The molecule has 0 heterocycles. The van der Waals surface area contributed by atoms with Crippen LogP contribution >= 0.6 is 11.6 Å². The summed E-state index contributed by atoms with van der Waals surface area (Å²) < 4.78 is 5.51. The van der Waals surface area contributed by atoms with Crippen LogP contribution in [0.25, 0.3) is 0 Å². The zero-order valence-corrected chi connectivity index (χ0v) is 12.0. The van der Waals surface area contributed by atoms with Crippen LogP contribution in [-0.2, 0) is 6.61 Å². The quantitative estimate of drug-likeness (QED) is 0.475. The molecule has 0 amide bonds. The second kappa shape index (κ2) is 6.37. The van der Waals surface area contributed by atoms with E-state index in [2.05, 4.69) is 0 Å². The number of ketones is 1. The normalized spacial score (nSPS) is 10.2. The first-order valence-electron chi connectivity index (χ1n) is 6.14. The van der Waals surface area contributed by atoms with E-state index in [-0.39, 0.29) is 18.1 Å². The maximum absolute atomic E-state index is 11.3. The number of carbonyl (C=O) groups is 1. The van der Waals surface area contributed by atoms with Gasteiger partial charge in [0.25, 0.3) is 5.69 Å². The Morgan fingerprint density at radius 1 is 1.29 bits per heavy atom. The highest BCUT2D eigenvalue weighted by Crippen LogP contribution is 2.25. The fraction of sp³-hybridized carbons (Fsp3) is 0.133. The largest absolute Gasteiger partial charge is 0.489 e. The maximum atomic E-state index is 11.3. The van der Waals surface area contributed by atoms with Crippen molar-refractivity contribution < 1.29 is 14.5 Å². The topological polar surface area (TPSA) is 69.4 Å². The van der Waals surface area contributed by atoms with Crippen molar-refractivity contribution in [3.8, 4) is 5.75 Å². The zero-order chi connectivity index (χ0) is 15.4. The van der Waals surface area contributed by atoms with Crippen LogP contribution in [0.5, 0.6) is 5.75 Å². The Labute approximate surface area is 126 Å². The lowest BCUT2D eigenvalue weighted by Gasteiger charge is -2.08. The van der Waals surface area contributed by atoms with Gasteiger partial charge in [0, 0.05) is 16.7 Å². The van der Waals surface area contributed by atoms with Gasteiger partial charge in [0.15, 0.2) is 5.78 Å². The second-order valence-electron chi connectivity index (χ2n) is 4.40. The first-order valence-corrected chi connectivity index (χ1v) is 6.52. The highest BCUT2D eigenvalue weighted by Gasteiger charge is 2.14. The van der Waals surface area contributed by atoms with Crippen molar-refractivity contribution in [2.75, 3.05) is 0 Å². The van der Waals surface area contributed by atoms with Crippen molar-refractivity contribution in [3.05, 3.63) is 68.7 Å². The molecule has 0 saturated heterocycles. The molecular weight excluding hydrogens is 294 g/mol. The molecule has 0 aliphatic carbocycles. The second-order valence-corrected chi connectivity index (χ2v) is 4.84. The van der Waals surface area contributed by atoms with Crippen molar-refractivity contribution >= 4 is 23.1 Å². The zero-order valence-electron chi connectivity index (χ0n) is 11.2. The first kappa shape index (κ1) is 15.0. The number of nitro benzene ring substituents is 1. The Balaban J connectivity index is 2.18. The molecule has 0 unspecified atom stereocenters. The number of rotatable bonds is 5. The van der Waals surface area contributed by atoms with E-state index in [1.165, 1.54) is 13.0 Å². The van der Waals surface area contributed by atoms with Crippen molar-refractivity contribution in [2.45, 2.75) is 13.5 Å². The molecule has 0 N–H and O–H groups in total. The van der Waals surface area contributed by atoms with Crippen LogP contribution < -0.4 is 4.74 Å². The summed E-state index contributed by atoms with van der Waals surface area (Å²) in [5.74, 6) is 0.407. The third-order valence-electron chi connectivity index (χ3n) is 2.88. The molecule has 0 aliphatic heterocycles. The van der Waals surface area contributed by atoms with E-state index in [9.17, 15) is 14.9 Å². The van der Waals surface area contributed by atoms with Gasteiger partial charge in [0.05, 0.1) is 10.5 Å². The number of halogens is 1. The highest BCUT2D eigenvalue weighted by atomic mass is 35.5. The van der Waals surface area contributed by atoms with Crippen molar-refractivity contribution in [1.82, 2.24) is 0 Å². The summed E-state index contributed by atoms with van der Waals surface area (Å²) in [6.07, 6.45) is 0. The van der Waals surface area contributed by atoms with Gasteiger partial charge in [-0.2, -0.15) is 0 Å². The van der Waals surface area contributed by atoms with E-state index in [4.69, 9.17) is 16.3 Å². The number of hydrogen-bond donors (Lipinski definition) is 0. The predicted molar refractivity (Wildman–Crippen MR) is 78.9 cm³/mol. The molecule has 0 bridgehead atoms. The first-order chi connectivity index (χ1) is 9.97. The predicted octanol–water partition coefficient (Wildman–Crippen LogP) is 4.03. The Bertz CT molecular complexity index is 700. The van der Waals surface area contributed by atoms with E-state index < -0.39 is 4.92 Å². The average molecular weight is 306 g/mol. The summed E-state index contributed by atoms with van der Waals surface area (Å²) in [5.41, 5.74) is 0.848. The number of nitro groups is 1. The van der Waals surface area contributed by atoms with Crippen molar-refractivity contribution in [3.63, 3.8) is 0 Å². The molecule has 0 aliphatic rings. The van der Waals surface area contributed by atoms with Crippen LogP contribution in [0, 0.1) is 10.1 Å². The fourth-order valence-corrected chi connectivity index (χ4v) is 1.96. The maximum Gasteiger partial charge on any atom is 0.277 e. The van der Waals surface area contributed by atoms with Crippen LogP contribution in [0.4, 0.5) is 5.69 Å². The molecule has 2 aromatic carbocycles. The number of carbonyl (C=O) groups excluding carboxylic acids is 1. The molecule has 0 radical (unpaired) electrons. The van der Waals surface area contributed by atoms with Crippen LogP contribution in [0.1, 0.15) is 22.8 Å². The van der Waals surface area contributed by atoms with E-state index in [0.29, 0.717) is 21.9 Å². The van der Waals surface area contributed by atoms with Gasteiger partial charge in [-0.15, -0.1) is 0 Å². The molecule has 0 saturated carbocycles. The third kappa shape index (κ3) is 3.79. The monoisotopic (exact) mass is 305 g/mol. The van der Waals surface area contributed by atoms with E-state index in [0.717, 1.165) is 0 Å². The molecule has 0 aromatic heterocycles. The molecule has 21 heavy (non-hydrogen) atoms. The highest BCUT2D eigenvalue weighted by molar-refractivity contribution is 6.30. The lowest BCUT2D eigenvalue weighted by Crippen LogP contribution is -2.01. The van der Waals surface area contributed by atoms with Gasteiger partial charge in [0.2, 0.25) is 0 Å². The summed E-state index contributed by atoms with van der Waals surface area (Å²) in [6.45, 7) is 1.48. The summed E-state index contributed by atoms with van der Waals surface area (Å²) in [5, 5.41) is 11.3. The lowest BCUT2D eigenvalue weighted by atomic mass is 10.1. The van der Waals surface area contributed by atoms with Gasteiger partial charge < -0.3 is 4.74 Å². The Morgan fingerprint density at radius 2 is 2.05 bits per heavy atom. The van der Waals surface area contributed by atoms with Crippen molar-refractivity contribution in [2.24, 2.45) is 0 Å². The summed E-state index contributed by atoms with van der Waals surface area (Å²) >= 11 is 5.75. The smallest absolute Gasteiger partial charge is 0.277 e. The molecule has 0 atom stereocenters. The molecule has 0 spiro atoms. The van der Waals surface area contributed by atoms with Crippen LogP contribution in [0.15, 0.2) is 42.5 Å². The van der Waals surface area contributed by atoms with Gasteiger partial charge >= 0.3 is 0 Å². The number of nitrogens with zero attached hydrogens (tertiary/aromatic N) is 1. The van der Waals surface area contributed by atoms with Gasteiger partial charge in [-0.25, -0.2) is 0 Å². The van der Waals surface area contributed by atoms with Gasteiger partial charge in [-0.05, 0) is 31.2 Å². The fourth-order valence-electron chi connectivity index (χ4n) is 1.79. The minimum absolute atomic E-state index is 0.0227. The number of ether oxygens (including phenoxy) is 1. The number of Topliss-reactive ketones (excluding diaryl/α,β-unsaturated/α-hetero) is 1. The molecule has 6 heteroatoms. The van der Waals surface area contributed by atoms with E-state index in [1.54, 1.807) is 36.4 Å². The Kier molecular flexibility index (Phi) is 4.55. The third-order valence-corrected chi connectivity index (χ3v) is 3.11.